The lowest BCUT2D eigenvalue weighted by Gasteiger charge is -2.28. The van der Waals surface area contributed by atoms with Gasteiger partial charge < -0.3 is 27.9 Å². The molecule has 2 atom stereocenters. The first kappa shape index (κ1) is 51.0. The van der Waals surface area contributed by atoms with E-state index in [0.29, 0.717) is 24.1 Å². The summed E-state index contributed by atoms with van der Waals surface area (Å²) in [5.74, 6) is -0.336. The Balaban J connectivity index is 4.21. The molecule has 0 rings (SSSR count). The van der Waals surface area contributed by atoms with Gasteiger partial charge in [0.1, 0.15) is 19.3 Å². The Morgan fingerprint density at radius 3 is 1.60 bits per heavy atom. The highest BCUT2D eigenvalue weighted by molar-refractivity contribution is 7.45. The number of likely N-dealkylation sites (N-methyl/N-ethyl adjacent to an activating group) is 1. The molecule has 0 bridgehead atoms. The summed E-state index contributed by atoms with van der Waals surface area (Å²) < 4.78 is 34.5. The van der Waals surface area contributed by atoms with Gasteiger partial charge in [0.05, 0.1) is 34.4 Å². The van der Waals surface area contributed by atoms with Gasteiger partial charge in [-0.05, 0) is 44.9 Å². The van der Waals surface area contributed by atoms with Crippen molar-refractivity contribution >= 4 is 13.8 Å². The van der Waals surface area contributed by atoms with Crippen LogP contribution in [0.5, 0.6) is 0 Å². The topological polar surface area (TPSA) is 94.1 Å². The van der Waals surface area contributed by atoms with Crippen LogP contribution in [0.2, 0.25) is 0 Å². The number of hydrogen-bond acceptors (Lipinski definition) is 7. The number of ether oxygens (including phenoxy) is 2. The highest BCUT2D eigenvalue weighted by Crippen LogP contribution is 2.38. The Kier molecular flexibility index (Phi) is 36.2. The molecule has 8 nitrogen and oxygen atoms in total. The summed E-state index contributed by atoms with van der Waals surface area (Å²) in [4.78, 5) is 25.0. The van der Waals surface area contributed by atoms with E-state index in [1.807, 2.05) is 21.1 Å². The minimum absolute atomic E-state index is 0.0267. The fourth-order valence-electron chi connectivity index (χ4n) is 5.87. The summed E-state index contributed by atoms with van der Waals surface area (Å²) in [5.41, 5.74) is 0. The average Bonchev–Trinajstić information content (AvgIpc) is 3.09. The first-order valence-corrected chi connectivity index (χ1v) is 23.0. The average molecular weight is 758 g/mol. The van der Waals surface area contributed by atoms with E-state index in [1.165, 1.54) is 128 Å². The molecule has 0 spiro atoms. The van der Waals surface area contributed by atoms with Gasteiger partial charge in [0.2, 0.25) is 0 Å². The highest BCUT2D eigenvalue weighted by Gasteiger charge is 2.20. The van der Waals surface area contributed by atoms with Crippen LogP contribution < -0.4 is 4.89 Å². The molecule has 0 heterocycles. The second kappa shape index (κ2) is 36.9. The number of allylic oxidation sites excluding steroid dienone is 4. The monoisotopic (exact) mass is 758 g/mol. The minimum atomic E-state index is -4.52. The first-order valence-electron chi connectivity index (χ1n) is 21.6. The highest BCUT2D eigenvalue weighted by atomic mass is 31.2. The lowest BCUT2D eigenvalue weighted by Crippen LogP contribution is -2.37. The number of unbranched alkanes of at least 4 members (excludes halogenated alkanes) is 22. The fraction of sp³-hybridized carbons (Fsp3) is 0.884. The Labute approximate surface area is 322 Å². The lowest BCUT2D eigenvalue weighted by atomic mass is 10.0. The zero-order chi connectivity index (χ0) is 38.4. The Bertz CT molecular complexity index is 889. The van der Waals surface area contributed by atoms with Crippen molar-refractivity contribution in [3.63, 3.8) is 0 Å². The van der Waals surface area contributed by atoms with E-state index in [-0.39, 0.29) is 25.8 Å². The predicted octanol–water partition coefficient (Wildman–Crippen LogP) is 11.8. The van der Waals surface area contributed by atoms with Crippen LogP contribution in [-0.2, 0) is 27.9 Å². The van der Waals surface area contributed by atoms with E-state index >= 15 is 0 Å². The van der Waals surface area contributed by atoms with Crippen LogP contribution >= 0.6 is 7.82 Å². The van der Waals surface area contributed by atoms with Crippen LogP contribution in [0, 0.1) is 0 Å². The molecule has 0 aromatic carbocycles. The first-order chi connectivity index (χ1) is 25.1. The summed E-state index contributed by atoms with van der Waals surface area (Å²) in [5, 5.41) is 0. The molecule has 0 fully saturated rings. The maximum absolute atomic E-state index is 12.6. The molecule has 0 aliphatic heterocycles. The van der Waals surface area contributed by atoms with E-state index in [1.54, 1.807) is 0 Å². The normalized spacial score (nSPS) is 14.0. The van der Waals surface area contributed by atoms with Crippen molar-refractivity contribution in [1.82, 2.24) is 0 Å². The number of esters is 1. The number of nitrogens with zero attached hydrogens (tertiary/aromatic N) is 1. The van der Waals surface area contributed by atoms with Gasteiger partial charge in [0.15, 0.2) is 0 Å². The summed E-state index contributed by atoms with van der Waals surface area (Å²) in [6.45, 7) is 5.39. The van der Waals surface area contributed by atoms with Crippen LogP contribution in [0.4, 0.5) is 0 Å². The molecular weight excluding hydrogens is 673 g/mol. The standard InChI is InChI=1S/C43H84NO7P/c1-6-8-10-12-14-16-18-20-21-22-23-24-25-27-29-31-33-35-38-48-40-42(41-50-52(46,47)49-39-37-44(3,4)5)51-43(45)36-34-32-30-28-26-19-17-15-13-11-9-7-2/h14,16,20-21,42H,6-13,15,17-19,22-41H2,1-5H3/b16-14-,21-20-. The van der Waals surface area contributed by atoms with E-state index in [0.717, 1.165) is 38.5 Å². The number of carbonyl (C=O) groups excluding carboxylic acids is 1. The van der Waals surface area contributed by atoms with Gasteiger partial charge in [-0.15, -0.1) is 0 Å². The minimum Gasteiger partial charge on any atom is -0.756 e. The zero-order valence-corrected chi connectivity index (χ0v) is 35.7. The second-order valence-electron chi connectivity index (χ2n) is 15.7. The van der Waals surface area contributed by atoms with Crippen LogP contribution in [0.3, 0.4) is 0 Å². The smallest absolute Gasteiger partial charge is 0.306 e. The van der Waals surface area contributed by atoms with Crippen molar-refractivity contribution in [3.8, 4) is 0 Å². The van der Waals surface area contributed by atoms with Crippen LogP contribution in [0.1, 0.15) is 187 Å². The Morgan fingerprint density at radius 1 is 0.596 bits per heavy atom. The molecule has 0 aromatic heterocycles. The molecule has 0 aromatic rings. The number of hydrogen-bond donors (Lipinski definition) is 0. The van der Waals surface area contributed by atoms with Gasteiger partial charge in [0.25, 0.3) is 7.82 Å². The molecule has 308 valence electrons. The molecule has 0 amide bonds. The van der Waals surface area contributed by atoms with Crippen molar-refractivity contribution in [2.75, 3.05) is 54.1 Å². The van der Waals surface area contributed by atoms with Gasteiger partial charge in [-0.25, -0.2) is 0 Å². The number of rotatable bonds is 40. The quantitative estimate of drug-likeness (QED) is 0.0202. The predicted molar refractivity (Wildman–Crippen MR) is 217 cm³/mol. The van der Waals surface area contributed by atoms with Crippen LogP contribution in [0.25, 0.3) is 0 Å². The molecule has 0 saturated carbocycles. The van der Waals surface area contributed by atoms with E-state index in [9.17, 15) is 14.3 Å². The molecular formula is C43H84NO7P. The number of phosphoric acid groups is 1. The maximum Gasteiger partial charge on any atom is 0.306 e. The summed E-state index contributed by atoms with van der Waals surface area (Å²) >= 11 is 0. The maximum atomic E-state index is 12.6. The molecule has 52 heavy (non-hydrogen) atoms. The van der Waals surface area contributed by atoms with Gasteiger partial charge in [-0.2, -0.15) is 0 Å². The third kappa shape index (κ3) is 40.2. The molecule has 0 radical (unpaired) electrons. The molecule has 9 heteroatoms. The number of phosphoric ester groups is 1. The van der Waals surface area contributed by atoms with Crippen LogP contribution in [-0.4, -0.2) is 70.7 Å². The van der Waals surface area contributed by atoms with Gasteiger partial charge >= 0.3 is 5.97 Å². The zero-order valence-electron chi connectivity index (χ0n) is 34.8. The largest absolute Gasteiger partial charge is 0.756 e. The van der Waals surface area contributed by atoms with E-state index in [2.05, 4.69) is 38.2 Å². The number of carbonyl (C=O) groups is 1. The third-order valence-corrected chi connectivity index (χ3v) is 10.2. The van der Waals surface area contributed by atoms with E-state index < -0.39 is 13.9 Å². The van der Waals surface area contributed by atoms with Crippen molar-refractivity contribution in [1.29, 1.82) is 0 Å². The molecule has 0 saturated heterocycles. The fourth-order valence-corrected chi connectivity index (χ4v) is 6.60. The van der Waals surface area contributed by atoms with Crippen molar-refractivity contribution < 1.29 is 37.3 Å². The Morgan fingerprint density at radius 2 is 1.06 bits per heavy atom. The van der Waals surface area contributed by atoms with Gasteiger partial charge in [0, 0.05) is 13.0 Å². The third-order valence-electron chi connectivity index (χ3n) is 9.26. The Hall–Kier alpha value is -1.02. The molecule has 0 N–H and O–H groups in total. The number of quaternary nitrogens is 1. The van der Waals surface area contributed by atoms with Gasteiger partial charge in [-0.3, -0.25) is 9.36 Å². The molecule has 2 unspecified atom stereocenters. The SMILES string of the molecule is CCCCC/C=C\C/C=C\CCCCCCCCCCOCC(COP(=O)([O-])OCC[N+](C)(C)C)OC(=O)CCCCCCCCCCCCCC. The second-order valence-corrected chi connectivity index (χ2v) is 17.1. The van der Waals surface area contributed by atoms with E-state index in [4.69, 9.17) is 18.5 Å². The summed E-state index contributed by atoms with van der Waals surface area (Å²) in [7, 11) is 1.36. The summed E-state index contributed by atoms with van der Waals surface area (Å²) in [6.07, 6.45) is 40.4. The summed E-state index contributed by atoms with van der Waals surface area (Å²) in [6, 6.07) is 0. The van der Waals surface area contributed by atoms with Gasteiger partial charge in [-0.1, -0.05) is 160 Å². The molecule has 0 aliphatic carbocycles. The van der Waals surface area contributed by atoms with Crippen LogP contribution in [0.15, 0.2) is 24.3 Å². The van der Waals surface area contributed by atoms with Crippen molar-refractivity contribution in [3.05, 3.63) is 24.3 Å². The van der Waals surface area contributed by atoms with Crippen molar-refractivity contribution in [2.24, 2.45) is 0 Å². The van der Waals surface area contributed by atoms with Crippen molar-refractivity contribution in [2.45, 2.75) is 193 Å². The lowest BCUT2D eigenvalue weighted by molar-refractivity contribution is -0.870. The molecule has 0 aliphatic rings.